The molecule has 1 aromatic heterocycles. The predicted octanol–water partition coefficient (Wildman–Crippen LogP) is 2.38. The van der Waals surface area contributed by atoms with E-state index in [1.54, 1.807) is 12.3 Å². The minimum atomic E-state index is -0.132. The summed E-state index contributed by atoms with van der Waals surface area (Å²) < 4.78 is 1.41. The van der Waals surface area contributed by atoms with E-state index < -0.39 is 0 Å². The molecule has 0 radical (unpaired) electrons. The summed E-state index contributed by atoms with van der Waals surface area (Å²) in [5.74, 6) is 0. The Labute approximate surface area is 152 Å². The molecule has 4 rings (SSSR count). The zero-order valence-electron chi connectivity index (χ0n) is 14.7. The summed E-state index contributed by atoms with van der Waals surface area (Å²) in [5, 5.41) is 15.8. The van der Waals surface area contributed by atoms with Gasteiger partial charge in [-0.05, 0) is 60.3 Å². The summed E-state index contributed by atoms with van der Waals surface area (Å²) in [6, 6.07) is 15.9. The maximum absolute atomic E-state index is 12.0. The number of hydrogen-bond donors (Lipinski definition) is 1. The Hall–Kier alpha value is -2.50. The van der Waals surface area contributed by atoms with Gasteiger partial charge in [0.2, 0.25) is 0 Å². The molecule has 3 aromatic rings. The summed E-state index contributed by atoms with van der Waals surface area (Å²) in [7, 11) is 0. The first kappa shape index (κ1) is 16.9. The quantitative estimate of drug-likeness (QED) is 0.768. The van der Waals surface area contributed by atoms with E-state index in [0.717, 1.165) is 42.4 Å². The van der Waals surface area contributed by atoms with Gasteiger partial charge < -0.3 is 5.11 Å². The van der Waals surface area contributed by atoms with Crippen molar-refractivity contribution in [2.24, 2.45) is 0 Å². The van der Waals surface area contributed by atoms with Crippen LogP contribution in [-0.4, -0.2) is 45.5 Å². The van der Waals surface area contributed by atoms with Crippen molar-refractivity contribution >= 4 is 10.8 Å². The molecule has 2 heterocycles. The van der Waals surface area contributed by atoms with E-state index in [4.69, 9.17) is 0 Å². The molecule has 0 bridgehead atoms. The number of rotatable bonds is 5. The topological polar surface area (TPSA) is 58.4 Å². The molecule has 1 aliphatic heterocycles. The molecule has 1 atom stereocenters. The minimum absolute atomic E-state index is 0.132. The van der Waals surface area contributed by atoms with E-state index in [-0.39, 0.29) is 12.2 Å². The predicted molar refractivity (Wildman–Crippen MR) is 103 cm³/mol. The third-order valence-corrected chi connectivity index (χ3v) is 5.25. The van der Waals surface area contributed by atoms with Crippen molar-refractivity contribution in [1.82, 2.24) is 14.7 Å². The molecule has 5 heteroatoms. The van der Waals surface area contributed by atoms with Crippen LogP contribution in [-0.2, 0) is 6.42 Å². The fourth-order valence-corrected chi connectivity index (χ4v) is 3.79. The van der Waals surface area contributed by atoms with Gasteiger partial charge in [0.25, 0.3) is 5.56 Å². The number of hydrogen-bond acceptors (Lipinski definition) is 4. The van der Waals surface area contributed by atoms with Gasteiger partial charge in [-0.3, -0.25) is 9.69 Å². The van der Waals surface area contributed by atoms with Crippen molar-refractivity contribution in [2.75, 3.05) is 19.7 Å². The molecule has 0 spiro atoms. The molecule has 5 nitrogen and oxygen atoms in total. The molecule has 0 aliphatic carbocycles. The first-order chi connectivity index (χ1) is 12.7. The van der Waals surface area contributed by atoms with E-state index in [1.165, 1.54) is 22.7 Å². The van der Waals surface area contributed by atoms with Crippen LogP contribution in [0, 0.1) is 0 Å². The number of fused-ring (bicyclic) bond motifs is 1. The molecule has 0 amide bonds. The SMILES string of the molecule is O=c1cccnn1-c1ccc2cc(CCN3CCC[C@H]3CO)ccc2c1. The van der Waals surface area contributed by atoms with E-state index in [9.17, 15) is 9.90 Å². The average molecular weight is 349 g/mol. The number of aliphatic hydroxyl groups is 1. The van der Waals surface area contributed by atoms with Gasteiger partial charge in [0.15, 0.2) is 0 Å². The summed E-state index contributed by atoms with van der Waals surface area (Å²) in [4.78, 5) is 14.3. The number of likely N-dealkylation sites (tertiary alicyclic amines) is 1. The van der Waals surface area contributed by atoms with Crippen LogP contribution >= 0.6 is 0 Å². The summed E-state index contributed by atoms with van der Waals surface area (Å²) in [6.45, 7) is 2.33. The van der Waals surface area contributed by atoms with Gasteiger partial charge in [0, 0.05) is 24.8 Å². The van der Waals surface area contributed by atoms with Crippen LogP contribution in [0.2, 0.25) is 0 Å². The summed E-state index contributed by atoms with van der Waals surface area (Å²) >= 11 is 0. The Balaban J connectivity index is 1.54. The molecule has 0 unspecified atom stereocenters. The van der Waals surface area contributed by atoms with Crippen LogP contribution in [0.15, 0.2) is 59.5 Å². The van der Waals surface area contributed by atoms with Crippen LogP contribution < -0.4 is 5.56 Å². The average Bonchev–Trinajstić information content (AvgIpc) is 3.14. The molecular formula is C21H23N3O2. The molecule has 1 aliphatic rings. The lowest BCUT2D eigenvalue weighted by Gasteiger charge is -2.22. The first-order valence-electron chi connectivity index (χ1n) is 9.17. The standard InChI is InChI=1S/C21H23N3O2/c25-15-20-3-2-11-23(20)12-9-16-5-6-18-14-19(8-7-17(18)13-16)24-21(26)4-1-10-22-24/h1,4-8,10,13-14,20,25H,2-3,9,11-12,15H2/t20-/m0/s1. The highest BCUT2D eigenvalue weighted by atomic mass is 16.3. The van der Waals surface area contributed by atoms with E-state index in [2.05, 4.69) is 28.2 Å². The van der Waals surface area contributed by atoms with Crippen molar-refractivity contribution in [3.63, 3.8) is 0 Å². The lowest BCUT2D eigenvalue weighted by molar-refractivity contribution is 0.160. The van der Waals surface area contributed by atoms with Gasteiger partial charge in [0.05, 0.1) is 12.3 Å². The number of aliphatic hydroxyl groups excluding tert-OH is 1. The van der Waals surface area contributed by atoms with E-state index in [1.807, 2.05) is 18.2 Å². The second kappa shape index (κ2) is 7.40. The van der Waals surface area contributed by atoms with Crippen molar-refractivity contribution in [3.05, 3.63) is 70.6 Å². The van der Waals surface area contributed by atoms with Gasteiger partial charge >= 0.3 is 0 Å². The van der Waals surface area contributed by atoms with Crippen molar-refractivity contribution in [1.29, 1.82) is 0 Å². The van der Waals surface area contributed by atoms with Crippen molar-refractivity contribution < 1.29 is 5.11 Å². The van der Waals surface area contributed by atoms with Crippen LogP contribution in [0.25, 0.3) is 16.5 Å². The summed E-state index contributed by atoms with van der Waals surface area (Å²) in [6.07, 6.45) is 4.88. The Morgan fingerprint density at radius 2 is 1.96 bits per heavy atom. The van der Waals surface area contributed by atoms with Crippen LogP contribution in [0.3, 0.4) is 0 Å². The third kappa shape index (κ3) is 3.41. The van der Waals surface area contributed by atoms with Gasteiger partial charge in [-0.1, -0.05) is 24.3 Å². The van der Waals surface area contributed by atoms with E-state index in [0.29, 0.717) is 6.04 Å². The number of nitrogens with zero attached hydrogens (tertiary/aromatic N) is 3. The Morgan fingerprint density at radius 1 is 1.12 bits per heavy atom. The van der Waals surface area contributed by atoms with Crippen molar-refractivity contribution in [2.45, 2.75) is 25.3 Å². The highest BCUT2D eigenvalue weighted by molar-refractivity contribution is 5.85. The molecule has 1 fully saturated rings. The zero-order chi connectivity index (χ0) is 17.9. The fourth-order valence-electron chi connectivity index (χ4n) is 3.79. The number of benzene rings is 2. The molecule has 2 aromatic carbocycles. The van der Waals surface area contributed by atoms with Gasteiger partial charge in [-0.2, -0.15) is 9.78 Å². The monoisotopic (exact) mass is 349 g/mol. The van der Waals surface area contributed by atoms with Gasteiger partial charge in [0.1, 0.15) is 0 Å². The van der Waals surface area contributed by atoms with Crippen LogP contribution in [0.5, 0.6) is 0 Å². The minimum Gasteiger partial charge on any atom is -0.395 e. The van der Waals surface area contributed by atoms with Crippen LogP contribution in [0.4, 0.5) is 0 Å². The normalized spacial score (nSPS) is 17.8. The molecule has 0 saturated carbocycles. The third-order valence-electron chi connectivity index (χ3n) is 5.25. The summed E-state index contributed by atoms with van der Waals surface area (Å²) in [5.41, 5.74) is 1.94. The van der Waals surface area contributed by atoms with E-state index >= 15 is 0 Å². The second-order valence-electron chi connectivity index (χ2n) is 6.90. The highest BCUT2D eigenvalue weighted by Crippen LogP contribution is 2.21. The lowest BCUT2D eigenvalue weighted by atomic mass is 10.0. The molecular weight excluding hydrogens is 326 g/mol. The highest BCUT2D eigenvalue weighted by Gasteiger charge is 2.22. The fraction of sp³-hybridized carbons (Fsp3) is 0.333. The smallest absolute Gasteiger partial charge is 0.271 e. The van der Waals surface area contributed by atoms with Gasteiger partial charge in [-0.15, -0.1) is 0 Å². The Morgan fingerprint density at radius 3 is 2.81 bits per heavy atom. The van der Waals surface area contributed by atoms with Gasteiger partial charge in [-0.25, -0.2) is 0 Å². The number of aromatic nitrogens is 2. The Bertz CT molecular complexity index is 967. The molecule has 26 heavy (non-hydrogen) atoms. The van der Waals surface area contributed by atoms with Crippen LogP contribution in [0.1, 0.15) is 18.4 Å². The Kier molecular flexibility index (Phi) is 4.82. The molecule has 134 valence electrons. The maximum atomic E-state index is 12.0. The lowest BCUT2D eigenvalue weighted by Crippen LogP contribution is -2.33. The second-order valence-corrected chi connectivity index (χ2v) is 6.90. The maximum Gasteiger partial charge on any atom is 0.271 e. The first-order valence-corrected chi connectivity index (χ1v) is 9.17. The van der Waals surface area contributed by atoms with Crippen molar-refractivity contribution in [3.8, 4) is 5.69 Å². The molecule has 1 N–H and O–H groups in total. The zero-order valence-corrected chi connectivity index (χ0v) is 14.7. The molecule has 1 saturated heterocycles. The largest absolute Gasteiger partial charge is 0.395 e.